The normalized spacial score (nSPS) is 12.9. The van der Waals surface area contributed by atoms with E-state index in [1.807, 2.05) is 12.1 Å². The minimum atomic E-state index is -0.622. The summed E-state index contributed by atoms with van der Waals surface area (Å²) >= 11 is 0. The van der Waals surface area contributed by atoms with Gasteiger partial charge in [-0.1, -0.05) is 200 Å². The lowest BCUT2D eigenvalue weighted by atomic mass is 9.65. The molecule has 0 atom stereocenters. The Labute approximate surface area is 417 Å². The van der Waals surface area contributed by atoms with E-state index in [1.54, 1.807) is 0 Å². The van der Waals surface area contributed by atoms with Gasteiger partial charge >= 0.3 is 0 Å². The van der Waals surface area contributed by atoms with Crippen LogP contribution in [0.2, 0.25) is 0 Å². The first-order chi connectivity index (χ1) is 35.7. The summed E-state index contributed by atoms with van der Waals surface area (Å²) in [5.41, 5.74) is 18.6. The predicted octanol–water partition coefficient (Wildman–Crippen LogP) is 18.8. The molecule has 336 valence electrons. The van der Waals surface area contributed by atoms with E-state index < -0.39 is 5.41 Å². The van der Waals surface area contributed by atoms with Gasteiger partial charge in [0.1, 0.15) is 22.7 Å². The molecule has 15 rings (SSSR count). The van der Waals surface area contributed by atoms with E-state index in [9.17, 15) is 0 Å². The van der Waals surface area contributed by atoms with E-state index in [0.29, 0.717) is 0 Å². The second-order valence-corrected chi connectivity index (χ2v) is 19.1. The highest BCUT2D eigenvalue weighted by Gasteiger charge is 2.52. The molecule has 12 aromatic carbocycles. The fourth-order valence-corrected chi connectivity index (χ4v) is 12.0. The zero-order chi connectivity index (χ0) is 47.3. The van der Waals surface area contributed by atoms with Crippen molar-refractivity contribution in [2.24, 2.45) is 0 Å². The average Bonchev–Trinajstić information content (AvgIpc) is 3.97. The molecule has 0 radical (unpaired) electrons. The van der Waals surface area contributed by atoms with Gasteiger partial charge in [0, 0.05) is 49.7 Å². The van der Waals surface area contributed by atoms with Gasteiger partial charge in [0.2, 0.25) is 0 Å². The molecule has 0 amide bonds. The third-order valence-electron chi connectivity index (χ3n) is 15.3. The summed E-state index contributed by atoms with van der Waals surface area (Å²) in [6, 6.07) is 94.7. The molecule has 0 saturated carbocycles. The molecule has 1 aliphatic carbocycles. The summed E-state index contributed by atoms with van der Waals surface area (Å²) in [5.74, 6) is 1.84. The molecule has 0 bridgehead atoms. The van der Waals surface area contributed by atoms with Crippen molar-refractivity contribution in [3.63, 3.8) is 0 Å². The topological polar surface area (TPSA) is 25.6 Å². The number of benzene rings is 12. The van der Waals surface area contributed by atoms with Gasteiger partial charge < -0.3 is 14.1 Å². The van der Waals surface area contributed by atoms with Gasteiger partial charge in [0.05, 0.1) is 5.41 Å². The minimum Gasteiger partial charge on any atom is -0.456 e. The van der Waals surface area contributed by atoms with Crippen molar-refractivity contribution >= 4 is 60.5 Å². The molecular formula is C69H43NO2. The van der Waals surface area contributed by atoms with E-state index >= 15 is 0 Å². The fourth-order valence-electron chi connectivity index (χ4n) is 12.0. The lowest BCUT2D eigenvalue weighted by Crippen LogP contribution is -2.32. The van der Waals surface area contributed by atoms with Crippen molar-refractivity contribution in [3.05, 3.63) is 283 Å². The summed E-state index contributed by atoms with van der Waals surface area (Å²) in [7, 11) is 0. The number of ether oxygens (including phenoxy) is 1. The predicted molar refractivity (Wildman–Crippen MR) is 297 cm³/mol. The Hall–Kier alpha value is -9.44. The van der Waals surface area contributed by atoms with Gasteiger partial charge in [-0.15, -0.1) is 0 Å². The second kappa shape index (κ2) is 15.8. The van der Waals surface area contributed by atoms with Gasteiger partial charge in [-0.2, -0.15) is 0 Å². The molecule has 0 saturated heterocycles. The van der Waals surface area contributed by atoms with Crippen LogP contribution in [0.3, 0.4) is 0 Å². The third-order valence-corrected chi connectivity index (χ3v) is 15.3. The molecule has 3 nitrogen and oxygen atoms in total. The molecule has 13 aromatic rings. The first-order valence-corrected chi connectivity index (χ1v) is 24.7. The molecule has 2 aliphatic rings. The highest BCUT2D eigenvalue weighted by molar-refractivity contribution is 6.06. The van der Waals surface area contributed by atoms with Gasteiger partial charge in [0.25, 0.3) is 0 Å². The fraction of sp³-hybridized carbons (Fsp3) is 0.0145. The van der Waals surface area contributed by atoms with E-state index in [-0.39, 0.29) is 0 Å². The van der Waals surface area contributed by atoms with Crippen LogP contribution in [0.25, 0.3) is 88.0 Å². The Morgan fingerprint density at radius 2 is 0.792 bits per heavy atom. The van der Waals surface area contributed by atoms with Crippen LogP contribution >= 0.6 is 0 Å². The molecule has 1 spiro atoms. The van der Waals surface area contributed by atoms with Crippen LogP contribution in [0.15, 0.2) is 265 Å². The number of hydrogen-bond donors (Lipinski definition) is 0. The molecule has 1 aromatic heterocycles. The molecular weight excluding hydrogens is 875 g/mol. The molecule has 72 heavy (non-hydrogen) atoms. The van der Waals surface area contributed by atoms with Gasteiger partial charge in [-0.25, -0.2) is 0 Å². The van der Waals surface area contributed by atoms with E-state index in [2.05, 4.69) is 254 Å². The molecule has 0 N–H and O–H groups in total. The molecule has 0 fully saturated rings. The van der Waals surface area contributed by atoms with Crippen molar-refractivity contribution in [2.75, 3.05) is 4.90 Å². The summed E-state index contributed by atoms with van der Waals surface area (Å²) in [6.07, 6.45) is 0. The number of furan rings is 1. The van der Waals surface area contributed by atoms with Crippen molar-refractivity contribution < 1.29 is 9.15 Å². The number of para-hydroxylation sites is 1. The molecule has 0 unspecified atom stereocenters. The zero-order valence-electron chi connectivity index (χ0n) is 39.1. The number of rotatable bonds is 6. The Balaban J connectivity index is 0.863. The van der Waals surface area contributed by atoms with E-state index in [1.165, 1.54) is 27.8 Å². The molecule has 1 aliphatic heterocycles. The van der Waals surface area contributed by atoms with Gasteiger partial charge in [-0.3, -0.25) is 0 Å². The van der Waals surface area contributed by atoms with E-state index in [0.717, 1.165) is 111 Å². The summed E-state index contributed by atoms with van der Waals surface area (Å²) in [6.45, 7) is 0. The van der Waals surface area contributed by atoms with Crippen LogP contribution in [-0.4, -0.2) is 0 Å². The first-order valence-electron chi connectivity index (χ1n) is 24.7. The Bertz CT molecular complexity index is 4220. The van der Waals surface area contributed by atoms with Crippen molar-refractivity contribution in [1.29, 1.82) is 0 Å². The maximum atomic E-state index is 7.22. The standard InChI is InChI=1S/C69H43NO2/c1-2-13-44(14-3-1)49-17-12-18-54(41-49)70(53-35-27-46(28-36-53)51-30-38-60-59-22-9-11-24-65(59)71-66(60)43-51)52-33-25-45(26-34-52)50-29-37-58-57-21-8-10-23-61(57)69(64(58)42-50)62-39-31-47-15-4-6-19-55(47)67(62)72-68-56-20-7-5-16-48(56)32-40-63(68)69/h1-43H. The maximum Gasteiger partial charge on any atom is 0.140 e. The van der Waals surface area contributed by atoms with Crippen LogP contribution in [0.4, 0.5) is 17.1 Å². The highest BCUT2D eigenvalue weighted by Crippen LogP contribution is 2.64. The molecule has 2 heterocycles. The Kier molecular flexibility index (Phi) is 8.87. The highest BCUT2D eigenvalue weighted by atomic mass is 16.5. The van der Waals surface area contributed by atoms with Crippen LogP contribution in [0, 0.1) is 0 Å². The minimum absolute atomic E-state index is 0.622. The van der Waals surface area contributed by atoms with Gasteiger partial charge in [-0.05, 0) is 127 Å². The third kappa shape index (κ3) is 6.04. The average molecular weight is 918 g/mol. The Morgan fingerprint density at radius 1 is 0.278 bits per heavy atom. The van der Waals surface area contributed by atoms with Crippen molar-refractivity contribution in [2.45, 2.75) is 5.41 Å². The smallest absolute Gasteiger partial charge is 0.140 e. The SMILES string of the molecule is c1ccc(-c2cccc(N(c3ccc(-c4ccc5c(c4)C4(c6ccccc6-5)c5ccc6ccccc6c5Oc5c4ccc4ccccc54)cc3)c3ccc(-c4ccc5c(c4)oc4ccccc45)cc3)c2)cc1. The second-order valence-electron chi connectivity index (χ2n) is 19.1. The quantitative estimate of drug-likeness (QED) is 0.166. The number of anilines is 3. The maximum absolute atomic E-state index is 7.22. The summed E-state index contributed by atoms with van der Waals surface area (Å²) in [4.78, 5) is 2.36. The lowest BCUT2D eigenvalue weighted by Gasteiger charge is -2.40. The van der Waals surface area contributed by atoms with Crippen LogP contribution < -0.4 is 9.64 Å². The Morgan fingerprint density at radius 3 is 1.50 bits per heavy atom. The monoisotopic (exact) mass is 917 g/mol. The van der Waals surface area contributed by atoms with Crippen LogP contribution in [0.1, 0.15) is 22.3 Å². The number of fused-ring (bicyclic) bond motifs is 16. The lowest BCUT2D eigenvalue weighted by molar-refractivity contribution is 0.447. The first kappa shape index (κ1) is 40.4. The van der Waals surface area contributed by atoms with Crippen molar-refractivity contribution in [1.82, 2.24) is 0 Å². The summed E-state index contributed by atoms with van der Waals surface area (Å²) in [5, 5.41) is 6.82. The number of hydrogen-bond acceptors (Lipinski definition) is 3. The zero-order valence-corrected chi connectivity index (χ0v) is 39.1. The summed E-state index contributed by atoms with van der Waals surface area (Å²) < 4.78 is 13.5. The molecule has 3 heteroatoms. The number of nitrogens with zero attached hydrogens (tertiary/aromatic N) is 1. The van der Waals surface area contributed by atoms with Crippen LogP contribution in [-0.2, 0) is 5.41 Å². The van der Waals surface area contributed by atoms with Gasteiger partial charge in [0.15, 0.2) is 0 Å². The largest absolute Gasteiger partial charge is 0.456 e. The van der Waals surface area contributed by atoms with Crippen molar-refractivity contribution in [3.8, 4) is 56.0 Å². The van der Waals surface area contributed by atoms with E-state index in [4.69, 9.17) is 9.15 Å². The van der Waals surface area contributed by atoms with Crippen LogP contribution in [0.5, 0.6) is 11.5 Å².